The molecule has 0 aromatic heterocycles. The van der Waals surface area contributed by atoms with Gasteiger partial charge in [0.1, 0.15) is 0 Å². The summed E-state index contributed by atoms with van der Waals surface area (Å²) >= 11 is 0. The summed E-state index contributed by atoms with van der Waals surface area (Å²) in [6, 6.07) is -0.0921. The molecule has 0 bridgehead atoms. The van der Waals surface area contributed by atoms with Gasteiger partial charge in [-0.1, -0.05) is 96.8 Å². The molecule has 0 unspecified atom stereocenters. The summed E-state index contributed by atoms with van der Waals surface area (Å²) in [5.74, 6) is -1.79. The molecule has 0 aliphatic carbocycles. The second-order valence-corrected chi connectivity index (χ2v) is 12.2. The first-order valence-electron chi connectivity index (χ1n) is 14.7. The van der Waals surface area contributed by atoms with Crippen molar-refractivity contribution < 1.29 is 14.4 Å². The van der Waals surface area contributed by atoms with E-state index in [0.29, 0.717) is 6.42 Å². The molecule has 36 heavy (non-hydrogen) atoms. The highest BCUT2D eigenvalue weighted by atomic mass is 16.2. The first-order valence-corrected chi connectivity index (χ1v) is 14.7. The Bertz CT molecular complexity index is 632. The first-order chi connectivity index (χ1) is 17.0. The van der Waals surface area contributed by atoms with E-state index in [9.17, 15) is 14.4 Å². The zero-order valence-corrected chi connectivity index (χ0v) is 24.0. The third-order valence-corrected chi connectivity index (χ3v) is 7.05. The van der Waals surface area contributed by atoms with Gasteiger partial charge in [0.2, 0.25) is 5.91 Å². The molecule has 1 aliphatic heterocycles. The summed E-state index contributed by atoms with van der Waals surface area (Å²) in [5.41, 5.74) is 4.37. The zero-order chi connectivity index (χ0) is 26.9. The van der Waals surface area contributed by atoms with E-state index in [2.05, 4.69) is 56.1 Å². The summed E-state index contributed by atoms with van der Waals surface area (Å²) in [5, 5.41) is 6.36. The van der Waals surface area contributed by atoms with E-state index in [4.69, 9.17) is 0 Å². The topological polar surface area (TPSA) is 99.3 Å². The van der Waals surface area contributed by atoms with Crippen LogP contribution in [0.1, 0.15) is 150 Å². The SMILES string of the molecule is CCCCCCCCCCCCCCCCCC(=O)NNC(=O)C(=O)NC1CC(C)(C)NC(C)(C)C1. The van der Waals surface area contributed by atoms with Crippen LogP contribution in [-0.4, -0.2) is 34.8 Å². The average Bonchev–Trinajstić information content (AvgIpc) is 2.77. The summed E-state index contributed by atoms with van der Waals surface area (Å²) < 4.78 is 0. The second-order valence-electron chi connectivity index (χ2n) is 12.2. The van der Waals surface area contributed by atoms with Crippen LogP contribution in [-0.2, 0) is 14.4 Å². The molecule has 0 atom stereocenters. The van der Waals surface area contributed by atoms with Crippen LogP contribution < -0.4 is 21.5 Å². The largest absolute Gasteiger partial charge is 0.345 e. The van der Waals surface area contributed by atoms with E-state index in [1.54, 1.807) is 0 Å². The number of amides is 3. The maximum Gasteiger partial charge on any atom is 0.327 e. The normalized spacial score (nSPS) is 16.9. The Balaban J connectivity index is 1.99. The smallest absolute Gasteiger partial charge is 0.327 e. The monoisotopic (exact) mass is 508 g/mol. The summed E-state index contributed by atoms with van der Waals surface area (Å²) in [6.45, 7) is 10.6. The number of carbonyl (C=O) groups excluding carboxylic acids is 3. The molecule has 0 saturated carbocycles. The van der Waals surface area contributed by atoms with E-state index < -0.39 is 11.8 Å². The molecule has 0 aromatic carbocycles. The van der Waals surface area contributed by atoms with Crippen molar-refractivity contribution in [2.24, 2.45) is 0 Å². The van der Waals surface area contributed by atoms with Crippen LogP contribution in [0.5, 0.6) is 0 Å². The fourth-order valence-electron chi connectivity index (χ4n) is 5.58. The molecule has 3 amide bonds. The van der Waals surface area contributed by atoms with Crippen LogP contribution in [0.3, 0.4) is 0 Å². The number of hydrogen-bond acceptors (Lipinski definition) is 4. The summed E-state index contributed by atoms with van der Waals surface area (Å²) in [7, 11) is 0. The minimum Gasteiger partial charge on any atom is -0.345 e. The van der Waals surface area contributed by atoms with Gasteiger partial charge in [0.15, 0.2) is 0 Å². The van der Waals surface area contributed by atoms with Crippen molar-refractivity contribution in [3.05, 3.63) is 0 Å². The molecule has 1 rings (SSSR count). The van der Waals surface area contributed by atoms with Crippen molar-refractivity contribution in [3.8, 4) is 0 Å². The number of rotatable bonds is 17. The Morgan fingerprint density at radius 2 is 1.06 bits per heavy atom. The highest BCUT2D eigenvalue weighted by molar-refractivity contribution is 6.35. The van der Waals surface area contributed by atoms with Gasteiger partial charge in [-0.15, -0.1) is 0 Å². The predicted molar refractivity (Wildman–Crippen MR) is 148 cm³/mol. The van der Waals surface area contributed by atoms with Crippen molar-refractivity contribution in [1.82, 2.24) is 21.5 Å². The molecule has 0 radical (unpaired) electrons. The molecule has 0 spiro atoms. The van der Waals surface area contributed by atoms with Crippen molar-refractivity contribution >= 4 is 17.7 Å². The van der Waals surface area contributed by atoms with Gasteiger partial charge in [-0.25, -0.2) is 0 Å². The standard InChI is InChI=1S/C29H56N4O3/c1-6-7-8-9-10-11-12-13-14-15-16-17-18-19-20-21-25(34)31-32-27(36)26(35)30-24-22-28(2,3)33-29(4,5)23-24/h24,33H,6-23H2,1-5H3,(H,30,35)(H,31,34)(H,32,36). The molecule has 4 N–H and O–H groups in total. The number of hydrazine groups is 1. The highest BCUT2D eigenvalue weighted by Crippen LogP contribution is 2.28. The highest BCUT2D eigenvalue weighted by Gasteiger charge is 2.38. The molecule has 1 saturated heterocycles. The summed E-state index contributed by atoms with van der Waals surface area (Å²) in [4.78, 5) is 36.4. The van der Waals surface area contributed by atoms with Gasteiger partial charge in [0.05, 0.1) is 0 Å². The Hall–Kier alpha value is -1.63. The van der Waals surface area contributed by atoms with Gasteiger partial charge >= 0.3 is 11.8 Å². The quantitative estimate of drug-likeness (QED) is 0.113. The Morgan fingerprint density at radius 1 is 0.639 bits per heavy atom. The van der Waals surface area contributed by atoms with Crippen LogP contribution in [0.15, 0.2) is 0 Å². The Morgan fingerprint density at radius 3 is 1.50 bits per heavy atom. The van der Waals surface area contributed by atoms with Crippen molar-refractivity contribution in [1.29, 1.82) is 0 Å². The Labute approximate surface area is 221 Å². The van der Waals surface area contributed by atoms with Gasteiger partial charge in [-0.05, 0) is 47.0 Å². The maximum atomic E-state index is 12.3. The minimum absolute atomic E-state index is 0.0921. The van der Waals surface area contributed by atoms with Gasteiger partial charge in [0, 0.05) is 23.5 Å². The van der Waals surface area contributed by atoms with Gasteiger partial charge in [-0.3, -0.25) is 25.2 Å². The van der Waals surface area contributed by atoms with E-state index in [0.717, 1.165) is 32.1 Å². The number of hydrogen-bond donors (Lipinski definition) is 4. The fraction of sp³-hybridized carbons (Fsp3) is 0.897. The van der Waals surface area contributed by atoms with Gasteiger partial charge in [0.25, 0.3) is 0 Å². The average molecular weight is 509 g/mol. The molecule has 7 heteroatoms. The number of carbonyl (C=O) groups is 3. The van der Waals surface area contributed by atoms with Crippen LogP contribution in [0, 0.1) is 0 Å². The third-order valence-electron chi connectivity index (χ3n) is 7.05. The lowest BCUT2D eigenvalue weighted by atomic mass is 9.79. The Kier molecular flexibility index (Phi) is 16.0. The molecule has 1 aliphatic rings. The van der Waals surface area contributed by atoms with Crippen LogP contribution in [0.25, 0.3) is 0 Å². The minimum atomic E-state index is -0.825. The van der Waals surface area contributed by atoms with Gasteiger partial charge in [-0.2, -0.15) is 0 Å². The van der Waals surface area contributed by atoms with Crippen LogP contribution in [0.4, 0.5) is 0 Å². The van der Waals surface area contributed by atoms with Gasteiger partial charge < -0.3 is 10.6 Å². The van der Waals surface area contributed by atoms with E-state index in [-0.39, 0.29) is 23.0 Å². The van der Waals surface area contributed by atoms with E-state index in [1.165, 1.54) is 77.0 Å². The molecular weight excluding hydrogens is 452 g/mol. The van der Waals surface area contributed by atoms with Crippen molar-refractivity contribution in [2.45, 2.75) is 167 Å². The second kappa shape index (κ2) is 17.8. The predicted octanol–water partition coefficient (Wildman–Crippen LogP) is 5.82. The number of nitrogens with one attached hydrogen (secondary N) is 4. The fourth-order valence-corrected chi connectivity index (χ4v) is 5.58. The van der Waals surface area contributed by atoms with Crippen molar-refractivity contribution in [2.75, 3.05) is 0 Å². The molecule has 0 aromatic rings. The molecular formula is C29H56N4O3. The first kappa shape index (κ1) is 32.4. The number of piperidine rings is 1. The van der Waals surface area contributed by atoms with Crippen molar-refractivity contribution in [3.63, 3.8) is 0 Å². The molecule has 210 valence electrons. The maximum absolute atomic E-state index is 12.3. The molecule has 1 heterocycles. The van der Waals surface area contributed by atoms with Crippen LogP contribution >= 0.6 is 0 Å². The molecule has 7 nitrogen and oxygen atoms in total. The lowest BCUT2D eigenvalue weighted by Crippen LogP contribution is -2.63. The zero-order valence-electron chi connectivity index (χ0n) is 24.0. The number of unbranched alkanes of at least 4 members (excludes halogenated alkanes) is 14. The lowest BCUT2D eigenvalue weighted by molar-refractivity contribution is -0.141. The summed E-state index contributed by atoms with van der Waals surface area (Å²) in [6.07, 6.45) is 21.0. The molecule has 1 fully saturated rings. The third kappa shape index (κ3) is 16.2. The van der Waals surface area contributed by atoms with Crippen LogP contribution in [0.2, 0.25) is 0 Å². The van der Waals surface area contributed by atoms with E-state index >= 15 is 0 Å². The lowest BCUT2D eigenvalue weighted by Gasteiger charge is -2.46. The van der Waals surface area contributed by atoms with E-state index in [1.807, 2.05) is 0 Å².